The molecule has 0 saturated carbocycles. The monoisotopic (exact) mass is 228 g/mol. The molecule has 1 nitrogen and oxygen atoms in total. The number of allylic oxidation sites excluding steroid dienone is 2. The van der Waals surface area contributed by atoms with E-state index >= 15 is 0 Å². The zero-order chi connectivity index (χ0) is 12.6. The standard InChI is InChI=1S/C16H20O/c1-11-8-12(2)17-15-9-13(6-7-14(11)15)10-16(3,4)5/h6-9H,2,10H2,1,3-5H3. The summed E-state index contributed by atoms with van der Waals surface area (Å²) in [6.07, 6.45) is 3.03. The van der Waals surface area contributed by atoms with Gasteiger partial charge in [-0.25, -0.2) is 0 Å². The van der Waals surface area contributed by atoms with Crippen molar-refractivity contribution in [2.24, 2.45) is 5.41 Å². The Balaban J connectivity index is 2.36. The molecule has 1 heterocycles. The topological polar surface area (TPSA) is 9.23 Å². The van der Waals surface area contributed by atoms with Crippen molar-refractivity contribution in [3.05, 3.63) is 47.7 Å². The minimum absolute atomic E-state index is 0.296. The van der Waals surface area contributed by atoms with Gasteiger partial charge in [-0.05, 0) is 42.0 Å². The summed E-state index contributed by atoms with van der Waals surface area (Å²) in [6, 6.07) is 6.48. The molecule has 1 aliphatic rings. The molecule has 2 rings (SSSR count). The second-order valence-corrected chi connectivity index (χ2v) is 5.96. The van der Waals surface area contributed by atoms with E-state index in [1.807, 2.05) is 6.08 Å². The lowest BCUT2D eigenvalue weighted by atomic mass is 9.87. The highest BCUT2D eigenvalue weighted by atomic mass is 16.5. The molecular weight excluding hydrogens is 208 g/mol. The van der Waals surface area contributed by atoms with E-state index in [4.69, 9.17) is 4.74 Å². The first-order chi connectivity index (χ1) is 7.85. The normalized spacial score (nSPS) is 15.1. The summed E-state index contributed by atoms with van der Waals surface area (Å²) in [5, 5.41) is 0. The Labute approximate surface area is 104 Å². The maximum atomic E-state index is 5.69. The van der Waals surface area contributed by atoms with Crippen molar-refractivity contribution < 1.29 is 4.74 Å². The van der Waals surface area contributed by atoms with Crippen LogP contribution in [0.5, 0.6) is 5.75 Å². The van der Waals surface area contributed by atoms with E-state index in [1.54, 1.807) is 0 Å². The molecule has 0 unspecified atom stereocenters. The molecule has 90 valence electrons. The molecule has 0 spiro atoms. The van der Waals surface area contributed by atoms with Crippen LogP contribution < -0.4 is 4.74 Å². The van der Waals surface area contributed by atoms with Crippen molar-refractivity contribution in [3.63, 3.8) is 0 Å². The van der Waals surface area contributed by atoms with Gasteiger partial charge in [0.2, 0.25) is 0 Å². The van der Waals surface area contributed by atoms with Crippen LogP contribution in [0.2, 0.25) is 0 Å². The van der Waals surface area contributed by atoms with Crippen LogP contribution in [0.3, 0.4) is 0 Å². The number of fused-ring (bicyclic) bond motifs is 1. The van der Waals surface area contributed by atoms with Gasteiger partial charge >= 0.3 is 0 Å². The number of benzene rings is 1. The van der Waals surface area contributed by atoms with E-state index in [9.17, 15) is 0 Å². The number of hydrogen-bond acceptors (Lipinski definition) is 1. The lowest BCUT2D eigenvalue weighted by Gasteiger charge is -2.21. The summed E-state index contributed by atoms with van der Waals surface area (Å²) in [7, 11) is 0. The third-order valence-electron chi connectivity index (χ3n) is 2.82. The number of ether oxygens (including phenoxy) is 1. The summed E-state index contributed by atoms with van der Waals surface area (Å²) < 4.78 is 5.69. The molecule has 0 fully saturated rings. The van der Waals surface area contributed by atoms with Crippen LogP contribution in [0, 0.1) is 5.41 Å². The maximum absolute atomic E-state index is 5.69. The minimum Gasteiger partial charge on any atom is -0.457 e. The summed E-state index contributed by atoms with van der Waals surface area (Å²) in [6.45, 7) is 12.7. The number of hydrogen-bond donors (Lipinski definition) is 0. The second-order valence-electron chi connectivity index (χ2n) is 5.96. The van der Waals surface area contributed by atoms with Crippen molar-refractivity contribution in [2.75, 3.05) is 0 Å². The third kappa shape index (κ3) is 2.79. The average molecular weight is 228 g/mol. The van der Waals surface area contributed by atoms with Gasteiger partial charge in [-0.15, -0.1) is 0 Å². The highest BCUT2D eigenvalue weighted by Crippen LogP contribution is 2.34. The van der Waals surface area contributed by atoms with Crippen LogP contribution in [0.25, 0.3) is 5.57 Å². The zero-order valence-corrected chi connectivity index (χ0v) is 11.1. The molecule has 0 saturated heterocycles. The van der Waals surface area contributed by atoms with Gasteiger partial charge in [0, 0.05) is 5.56 Å². The average Bonchev–Trinajstić information content (AvgIpc) is 2.13. The molecule has 0 radical (unpaired) electrons. The van der Waals surface area contributed by atoms with E-state index in [1.165, 1.54) is 16.7 Å². The van der Waals surface area contributed by atoms with Crippen LogP contribution in [0.15, 0.2) is 36.6 Å². The highest BCUT2D eigenvalue weighted by Gasteiger charge is 2.16. The van der Waals surface area contributed by atoms with Gasteiger partial charge in [-0.1, -0.05) is 39.5 Å². The van der Waals surface area contributed by atoms with Crippen LogP contribution in [-0.4, -0.2) is 0 Å². The first-order valence-corrected chi connectivity index (χ1v) is 6.03. The predicted molar refractivity (Wildman–Crippen MR) is 73.0 cm³/mol. The quantitative estimate of drug-likeness (QED) is 0.683. The Morgan fingerprint density at radius 2 is 1.94 bits per heavy atom. The smallest absolute Gasteiger partial charge is 0.135 e. The van der Waals surface area contributed by atoms with E-state index in [2.05, 4.69) is 52.5 Å². The maximum Gasteiger partial charge on any atom is 0.135 e. The molecule has 1 aromatic rings. The molecule has 0 amide bonds. The molecule has 0 aliphatic carbocycles. The van der Waals surface area contributed by atoms with Crippen LogP contribution in [-0.2, 0) is 6.42 Å². The first-order valence-electron chi connectivity index (χ1n) is 6.03. The Hall–Kier alpha value is -1.50. The van der Waals surface area contributed by atoms with Crippen molar-refractivity contribution in [2.45, 2.75) is 34.1 Å². The molecule has 0 aromatic heterocycles. The van der Waals surface area contributed by atoms with E-state index in [-0.39, 0.29) is 0 Å². The molecule has 0 atom stereocenters. The largest absolute Gasteiger partial charge is 0.457 e. The fourth-order valence-corrected chi connectivity index (χ4v) is 2.19. The summed E-state index contributed by atoms with van der Waals surface area (Å²) in [4.78, 5) is 0. The van der Waals surface area contributed by atoms with Crippen LogP contribution in [0.4, 0.5) is 0 Å². The Morgan fingerprint density at radius 1 is 1.24 bits per heavy atom. The lowest BCUT2D eigenvalue weighted by molar-refractivity contribution is 0.407. The van der Waals surface area contributed by atoms with Crippen LogP contribution >= 0.6 is 0 Å². The van der Waals surface area contributed by atoms with Crippen molar-refractivity contribution in [3.8, 4) is 5.75 Å². The molecular formula is C16H20O. The van der Waals surface area contributed by atoms with Crippen molar-refractivity contribution >= 4 is 5.57 Å². The van der Waals surface area contributed by atoms with Crippen molar-refractivity contribution in [1.29, 1.82) is 0 Å². The zero-order valence-electron chi connectivity index (χ0n) is 11.1. The summed E-state index contributed by atoms with van der Waals surface area (Å²) >= 11 is 0. The van der Waals surface area contributed by atoms with E-state index in [0.717, 1.165) is 17.9 Å². The fourth-order valence-electron chi connectivity index (χ4n) is 2.19. The third-order valence-corrected chi connectivity index (χ3v) is 2.82. The Kier molecular flexibility index (Phi) is 2.86. The minimum atomic E-state index is 0.296. The van der Waals surface area contributed by atoms with Gasteiger partial charge < -0.3 is 4.74 Å². The van der Waals surface area contributed by atoms with Crippen molar-refractivity contribution in [1.82, 2.24) is 0 Å². The molecule has 17 heavy (non-hydrogen) atoms. The molecule has 1 heteroatoms. The Bertz CT molecular complexity index is 487. The second kappa shape index (κ2) is 4.06. The van der Waals surface area contributed by atoms with Gasteiger partial charge in [0.25, 0.3) is 0 Å². The summed E-state index contributed by atoms with van der Waals surface area (Å²) in [5.74, 6) is 1.67. The molecule has 1 aromatic carbocycles. The van der Waals surface area contributed by atoms with Gasteiger partial charge in [0.05, 0.1) is 0 Å². The van der Waals surface area contributed by atoms with Gasteiger partial charge in [-0.3, -0.25) is 0 Å². The van der Waals surface area contributed by atoms with Gasteiger partial charge in [-0.2, -0.15) is 0 Å². The van der Waals surface area contributed by atoms with E-state index in [0.29, 0.717) is 5.41 Å². The molecule has 0 N–H and O–H groups in total. The lowest BCUT2D eigenvalue weighted by Crippen LogP contribution is -2.10. The molecule has 1 aliphatic heterocycles. The highest BCUT2D eigenvalue weighted by molar-refractivity contribution is 5.73. The van der Waals surface area contributed by atoms with Gasteiger partial charge in [0.15, 0.2) is 0 Å². The van der Waals surface area contributed by atoms with Gasteiger partial charge in [0.1, 0.15) is 11.5 Å². The first kappa shape index (κ1) is 12.0. The number of rotatable bonds is 1. The predicted octanol–water partition coefficient (Wildman–Crippen LogP) is 4.58. The fraction of sp³-hybridized carbons (Fsp3) is 0.375. The van der Waals surface area contributed by atoms with E-state index < -0.39 is 0 Å². The summed E-state index contributed by atoms with van der Waals surface area (Å²) in [5.41, 5.74) is 4.01. The van der Waals surface area contributed by atoms with Crippen LogP contribution in [0.1, 0.15) is 38.8 Å². The SMILES string of the molecule is C=C1C=C(C)c2ccc(CC(C)(C)C)cc2O1. The molecule has 0 bridgehead atoms. The Morgan fingerprint density at radius 3 is 2.59 bits per heavy atom.